The van der Waals surface area contributed by atoms with Crippen LogP contribution in [0.25, 0.3) is 0 Å². The predicted molar refractivity (Wildman–Crippen MR) is 96.0 cm³/mol. The van der Waals surface area contributed by atoms with Gasteiger partial charge >= 0.3 is 0 Å². The molecule has 128 valence electrons. The van der Waals surface area contributed by atoms with E-state index in [1.807, 2.05) is 0 Å². The number of ether oxygens (including phenoxy) is 1. The first-order valence-electron chi connectivity index (χ1n) is 7.59. The molecule has 1 aromatic rings. The summed E-state index contributed by atoms with van der Waals surface area (Å²) in [7, 11) is 1.72. The van der Waals surface area contributed by atoms with Gasteiger partial charge in [-0.25, -0.2) is 8.78 Å². The van der Waals surface area contributed by atoms with E-state index in [-0.39, 0.29) is 29.4 Å². The van der Waals surface area contributed by atoms with E-state index in [0.717, 1.165) is 51.2 Å². The fourth-order valence-corrected chi connectivity index (χ4v) is 3.26. The van der Waals surface area contributed by atoms with Crippen LogP contribution in [-0.2, 0) is 11.3 Å². The molecule has 1 N–H and O–H groups in total. The van der Waals surface area contributed by atoms with E-state index < -0.39 is 11.6 Å². The average Bonchev–Trinajstić information content (AvgIpc) is 3.13. The molecule has 7 heteroatoms. The summed E-state index contributed by atoms with van der Waals surface area (Å²) in [4.78, 5) is 6.47. The Bertz CT molecular complexity index is 576. The Morgan fingerprint density at radius 2 is 2.22 bits per heavy atom. The minimum Gasteiger partial charge on any atom is -0.381 e. The van der Waals surface area contributed by atoms with Crippen molar-refractivity contribution in [1.82, 2.24) is 10.2 Å². The van der Waals surface area contributed by atoms with Gasteiger partial charge in [-0.05, 0) is 18.9 Å². The second kappa shape index (κ2) is 7.74. The molecule has 2 heterocycles. The normalized spacial score (nSPS) is 24.1. The second-order valence-corrected chi connectivity index (χ2v) is 6.11. The molecule has 2 fully saturated rings. The quantitative estimate of drug-likeness (QED) is 0.440. The molecule has 0 saturated carbocycles. The number of guanidine groups is 1. The number of hydrogen-bond donors (Lipinski definition) is 1. The van der Waals surface area contributed by atoms with Gasteiger partial charge in [0.05, 0.1) is 6.61 Å². The summed E-state index contributed by atoms with van der Waals surface area (Å²) in [5.41, 5.74) is 0.680. The molecule has 0 amide bonds. The van der Waals surface area contributed by atoms with Gasteiger partial charge in [0.25, 0.3) is 0 Å². The van der Waals surface area contributed by atoms with E-state index in [0.29, 0.717) is 12.1 Å². The smallest absolute Gasteiger partial charge is 0.193 e. The van der Waals surface area contributed by atoms with Crippen molar-refractivity contribution >= 4 is 29.9 Å². The van der Waals surface area contributed by atoms with Crippen LogP contribution in [-0.4, -0.2) is 44.2 Å². The summed E-state index contributed by atoms with van der Waals surface area (Å²) in [6, 6.07) is 3.63. The molecule has 2 aliphatic heterocycles. The Balaban J connectivity index is 0.00000192. The molecule has 0 aliphatic carbocycles. The zero-order valence-corrected chi connectivity index (χ0v) is 15.5. The van der Waals surface area contributed by atoms with Crippen molar-refractivity contribution in [3.05, 3.63) is 35.4 Å². The van der Waals surface area contributed by atoms with E-state index in [1.54, 1.807) is 7.05 Å². The molecule has 2 aliphatic rings. The summed E-state index contributed by atoms with van der Waals surface area (Å²) in [5, 5.41) is 3.17. The van der Waals surface area contributed by atoms with Gasteiger partial charge < -0.3 is 15.0 Å². The molecule has 0 aromatic heterocycles. The van der Waals surface area contributed by atoms with Crippen LogP contribution in [0.15, 0.2) is 23.2 Å². The van der Waals surface area contributed by atoms with Crippen LogP contribution >= 0.6 is 24.0 Å². The van der Waals surface area contributed by atoms with Gasteiger partial charge in [0.2, 0.25) is 0 Å². The molecule has 4 nitrogen and oxygen atoms in total. The fourth-order valence-electron chi connectivity index (χ4n) is 3.26. The molecule has 0 radical (unpaired) electrons. The number of rotatable bonds is 2. The minimum atomic E-state index is -0.562. The lowest BCUT2D eigenvalue weighted by Crippen LogP contribution is -2.41. The maximum absolute atomic E-state index is 13.7. The third-order valence-electron chi connectivity index (χ3n) is 4.59. The lowest BCUT2D eigenvalue weighted by molar-refractivity contribution is 0.156. The average molecular weight is 437 g/mol. The van der Waals surface area contributed by atoms with Gasteiger partial charge in [-0.2, -0.15) is 0 Å². The van der Waals surface area contributed by atoms with Crippen LogP contribution in [0.3, 0.4) is 0 Å². The molecular formula is C16H22F2IN3O. The number of halogens is 3. The van der Waals surface area contributed by atoms with Crippen molar-refractivity contribution in [1.29, 1.82) is 0 Å². The van der Waals surface area contributed by atoms with E-state index in [1.165, 1.54) is 12.1 Å². The van der Waals surface area contributed by atoms with E-state index in [4.69, 9.17) is 4.74 Å². The summed E-state index contributed by atoms with van der Waals surface area (Å²) >= 11 is 0. The van der Waals surface area contributed by atoms with Crippen molar-refractivity contribution < 1.29 is 13.5 Å². The zero-order valence-electron chi connectivity index (χ0n) is 13.1. The lowest BCUT2D eigenvalue weighted by Gasteiger charge is -2.25. The highest BCUT2D eigenvalue weighted by Crippen LogP contribution is 2.38. The molecule has 3 rings (SSSR count). The number of nitrogens with zero attached hydrogens (tertiary/aromatic N) is 2. The van der Waals surface area contributed by atoms with Gasteiger partial charge in [-0.15, -0.1) is 24.0 Å². The molecule has 1 atom stereocenters. The van der Waals surface area contributed by atoms with Crippen LogP contribution in [0, 0.1) is 17.0 Å². The highest BCUT2D eigenvalue weighted by molar-refractivity contribution is 14.0. The summed E-state index contributed by atoms with van der Waals surface area (Å²) < 4.78 is 32.1. The molecule has 1 aromatic carbocycles. The fraction of sp³-hybridized carbons (Fsp3) is 0.562. The minimum absolute atomic E-state index is 0. The Morgan fingerprint density at radius 1 is 1.39 bits per heavy atom. The summed E-state index contributed by atoms with van der Waals surface area (Å²) in [6.45, 7) is 3.78. The third-order valence-corrected chi connectivity index (χ3v) is 4.59. The largest absolute Gasteiger partial charge is 0.381 e. The second-order valence-electron chi connectivity index (χ2n) is 6.11. The Hall–Kier alpha value is -0.960. The Kier molecular flexibility index (Phi) is 6.19. The van der Waals surface area contributed by atoms with Gasteiger partial charge in [0.15, 0.2) is 5.96 Å². The first-order chi connectivity index (χ1) is 10.6. The first kappa shape index (κ1) is 18.4. The number of aliphatic imine (C=N–C) groups is 1. The number of benzene rings is 1. The van der Waals surface area contributed by atoms with Gasteiger partial charge in [0, 0.05) is 50.3 Å². The predicted octanol–water partition coefficient (Wildman–Crippen LogP) is 2.77. The van der Waals surface area contributed by atoms with E-state index in [9.17, 15) is 8.78 Å². The van der Waals surface area contributed by atoms with Gasteiger partial charge in [-0.1, -0.05) is 6.07 Å². The molecular weight excluding hydrogens is 415 g/mol. The van der Waals surface area contributed by atoms with E-state index in [2.05, 4.69) is 15.2 Å². The number of nitrogens with one attached hydrogen (secondary N) is 1. The van der Waals surface area contributed by atoms with Gasteiger partial charge in [0.1, 0.15) is 11.6 Å². The molecule has 2 saturated heterocycles. The monoisotopic (exact) mass is 437 g/mol. The van der Waals surface area contributed by atoms with Crippen molar-refractivity contribution in [2.24, 2.45) is 10.4 Å². The van der Waals surface area contributed by atoms with Crippen LogP contribution in [0.1, 0.15) is 18.4 Å². The maximum Gasteiger partial charge on any atom is 0.193 e. The molecule has 0 bridgehead atoms. The van der Waals surface area contributed by atoms with Crippen LogP contribution in [0.2, 0.25) is 0 Å². The van der Waals surface area contributed by atoms with Crippen molar-refractivity contribution in [3.63, 3.8) is 0 Å². The highest BCUT2D eigenvalue weighted by atomic mass is 127. The van der Waals surface area contributed by atoms with E-state index >= 15 is 0 Å². The highest BCUT2D eigenvalue weighted by Gasteiger charge is 2.42. The van der Waals surface area contributed by atoms with Crippen LogP contribution in [0.4, 0.5) is 8.78 Å². The maximum atomic E-state index is 13.7. The van der Waals surface area contributed by atoms with Gasteiger partial charge in [-0.3, -0.25) is 4.99 Å². The number of hydrogen-bond acceptors (Lipinski definition) is 2. The Labute approximate surface area is 152 Å². The van der Waals surface area contributed by atoms with Crippen molar-refractivity contribution in [2.75, 3.05) is 33.4 Å². The van der Waals surface area contributed by atoms with Crippen molar-refractivity contribution in [2.45, 2.75) is 19.4 Å². The molecule has 1 unspecified atom stereocenters. The first-order valence-corrected chi connectivity index (χ1v) is 7.59. The zero-order chi connectivity index (χ0) is 15.6. The SMILES string of the molecule is CN=C(NCc1ccc(F)cc1F)N1CCC2(CCOC2)C1.I. The topological polar surface area (TPSA) is 36.9 Å². The van der Waals surface area contributed by atoms with Crippen LogP contribution in [0.5, 0.6) is 0 Å². The molecule has 1 spiro atoms. The van der Waals surface area contributed by atoms with Crippen LogP contribution < -0.4 is 5.32 Å². The third kappa shape index (κ3) is 4.12. The Morgan fingerprint density at radius 3 is 2.87 bits per heavy atom. The lowest BCUT2D eigenvalue weighted by atomic mass is 9.87. The summed E-state index contributed by atoms with van der Waals surface area (Å²) in [5.74, 6) is -0.342. The summed E-state index contributed by atoms with van der Waals surface area (Å²) in [6.07, 6.45) is 2.19. The molecule has 23 heavy (non-hydrogen) atoms. The number of likely N-dealkylation sites (tertiary alicyclic amines) is 1. The van der Waals surface area contributed by atoms with Crippen molar-refractivity contribution in [3.8, 4) is 0 Å². The standard InChI is InChI=1S/C16H21F2N3O.HI/c1-19-15(20-9-12-2-3-13(17)8-14(12)18)21-6-4-16(10-21)5-7-22-11-16;/h2-3,8H,4-7,9-11H2,1H3,(H,19,20);1H.